The van der Waals surface area contributed by atoms with E-state index >= 15 is 0 Å². The van der Waals surface area contributed by atoms with E-state index in [1.54, 1.807) is 6.20 Å². The van der Waals surface area contributed by atoms with Crippen LogP contribution in [0, 0.1) is 0 Å². The minimum atomic E-state index is -0.0723. The molecule has 4 aromatic rings. The van der Waals surface area contributed by atoms with Gasteiger partial charge in [-0.15, -0.1) is 23.1 Å². The molecule has 0 fully saturated rings. The van der Waals surface area contributed by atoms with Crippen LogP contribution in [0.4, 0.5) is 5.13 Å². The monoisotopic (exact) mass is 377 g/mol. The lowest BCUT2D eigenvalue weighted by Crippen LogP contribution is -2.13. The smallest absolute Gasteiger partial charge is 0.236 e. The van der Waals surface area contributed by atoms with Gasteiger partial charge in [-0.1, -0.05) is 48.5 Å². The highest BCUT2D eigenvalue weighted by molar-refractivity contribution is 8.00. The molecule has 0 unspecified atom stereocenters. The van der Waals surface area contributed by atoms with Crippen molar-refractivity contribution in [2.75, 3.05) is 11.1 Å². The van der Waals surface area contributed by atoms with Gasteiger partial charge in [-0.05, 0) is 12.1 Å². The number of nitrogens with zero attached hydrogens (tertiary/aromatic N) is 2. The molecule has 4 rings (SSSR count). The molecular formula is C20H15N3OS2. The number of hydrogen-bond acceptors (Lipinski definition) is 5. The van der Waals surface area contributed by atoms with E-state index in [0.29, 0.717) is 10.9 Å². The molecule has 0 aliphatic heterocycles. The SMILES string of the molecule is O=C(CSc1cccc2cccnc12)Nc1nc(-c2ccccc2)cs1. The van der Waals surface area contributed by atoms with E-state index < -0.39 is 0 Å². The van der Waals surface area contributed by atoms with Crippen molar-refractivity contribution in [1.82, 2.24) is 9.97 Å². The Morgan fingerprint density at radius 1 is 1.04 bits per heavy atom. The van der Waals surface area contributed by atoms with E-state index in [9.17, 15) is 4.79 Å². The summed E-state index contributed by atoms with van der Waals surface area (Å²) in [5.41, 5.74) is 2.84. The summed E-state index contributed by atoms with van der Waals surface area (Å²) in [4.78, 5) is 22.2. The molecule has 4 nitrogen and oxygen atoms in total. The number of amides is 1. The average Bonchev–Trinajstić information content (AvgIpc) is 3.15. The number of aromatic nitrogens is 2. The molecule has 2 aromatic carbocycles. The summed E-state index contributed by atoms with van der Waals surface area (Å²) in [6.45, 7) is 0. The van der Waals surface area contributed by atoms with E-state index in [2.05, 4.69) is 15.3 Å². The van der Waals surface area contributed by atoms with Crippen molar-refractivity contribution in [2.24, 2.45) is 0 Å². The molecule has 1 N–H and O–H groups in total. The normalized spacial score (nSPS) is 10.8. The zero-order valence-electron chi connectivity index (χ0n) is 13.8. The molecule has 1 amide bonds. The van der Waals surface area contributed by atoms with Crippen LogP contribution >= 0.6 is 23.1 Å². The van der Waals surface area contributed by atoms with Crippen molar-refractivity contribution in [3.8, 4) is 11.3 Å². The van der Waals surface area contributed by atoms with Crippen molar-refractivity contribution in [3.63, 3.8) is 0 Å². The van der Waals surface area contributed by atoms with Gasteiger partial charge < -0.3 is 5.32 Å². The first-order chi connectivity index (χ1) is 12.8. The molecule has 2 aromatic heterocycles. The lowest BCUT2D eigenvalue weighted by Gasteiger charge is -2.05. The van der Waals surface area contributed by atoms with E-state index in [1.165, 1.54) is 23.1 Å². The highest BCUT2D eigenvalue weighted by Gasteiger charge is 2.10. The van der Waals surface area contributed by atoms with Gasteiger partial charge in [-0.2, -0.15) is 0 Å². The summed E-state index contributed by atoms with van der Waals surface area (Å²) in [6, 6.07) is 19.9. The van der Waals surface area contributed by atoms with E-state index in [0.717, 1.165) is 27.1 Å². The molecular weight excluding hydrogens is 362 g/mol. The van der Waals surface area contributed by atoms with Gasteiger partial charge in [0.1, 0.15) is 0 Å². The Morgan fingerprint density at radius 3 is 2.77 bits per heavy atom. The summed E-state index contributed by atoms with van der Waals surface area (Å²) in [5, 5.41) is 6.52. The number of nitrogens with one attached hydrogen (secondary N) is 1. The maximum Gasteiger partial charge on any atom is 0.236 e. The van der Waals surface area contributed by atoms with Crippen LogP contribution in [0.2, 0.25) is 0 Å². The molecule has 0 aliphatic carbocycles. The second-order valence-electron chi connectivity index (χ2n) is 5.57. The third-order valence-electron chi connectivity index (χ3n) is 3.77. The fourth-order valence-corrected chi connectivity index (χ4v) is 4.14. The predicted octanol–water partition coefficient (Wildman–Crippen LogP) is 5.09. The lowest BCUT2D eigenvalue weighted by atomic mass is 10.2. The van der Waals surface area contributed by atoms with Crippen LogP contribution in [-0.4, -0.2) is 21.6 Å². The fourth-order valence-electron chi connectivity index (χ4n) is 2.56. The van der Waals surface area contributed by atoms with Crippen LogP contribution < -0.4 is 5.32 Å². The Bertz CT molecular complexity index is 1040. The third kappa shape index (κ3) is 3.76. The number of fused-ring (bicyclic) bond motifs is 1. The van der Waals surface area contributed by atoms with E-state index in [4.69, 9.17) is 0 Å². The number of carbonyl (C=O) groups excluding carboxylic acids is 1. The van der Waals surface area contributed by atoms with Gasteiger partial charge in [0.25, 0.3) is 0 Å². The molecule has 0 bridgehead atoms. The zero-order chi connectivity index (χ0) is 17.8. The van der Waals surface area contributed by atoms with Crippen LogP contribution in [0.5, 0.6) is 0 Å². The fraction of sp³-hybridized carbons (Fsp3) is 0.0500. The van der Waals surface area contributed by atoms with Gasteiger partial charge in [0.05, 0.1) is 17.0 Å². The summed E-state index contributed by atoms with van der Waals surface area (Å²) in [7, 11) is 0. The molecule has 0 aliphatic rings. The highest BCUT2D eigenvalue weighted by atomic mass is 32.2. The Morgan fingerprint density at radius 2 is 1.88 bits per heavy atom. The van der Waals surface area contributed by atoms with Gasteiger partial charge in [0.2, 0.25) is 5.91 Å². The van der Waals surface area contributed by atoms with Crippen LogP contribution in [0.3, 0.4) is 0 Å². The second kappa shape index (κ2) is 7.68. The highest BCUT2D eigenvalue weighted by Crippen LogP contribution is 2.27. The summed E-state index contributed by atoms with van der Waals surface area (Å²) in [5.74, 6) is 0.243. The summed E-state index contributed by atoms with van der Waals surface area (Å²) in [6.07, 6.45) is 1.77. The van der Waals surface area contributed by atoms with Gasteiger partial charge in [-0.25, -0.2) is 4.98 Å². The van der Waals surface area contributed by atoms with Gasteiger partial charge in [-0.3, -0.25) is 9.78 Å². The Balaban J connectivity index is 1.41. The van der Waals surface area contributed by atoms with Crippen molar-refractivity contribution < 1.29 is 4.79 Å². The van der Waals surface area contributed by atoms with Crippen molar-refractivity contribution in [2.45, 2.75) is 4.90 Å². The number of anilines is 1. The standard InChI is InChI=1S/C20H15N3OS2/c24-18(13-25-17-10-4-8-15-9-5-11-21-19(15)17)23-20-22-16(12-26-20)14-6-2-1-3-7-14/h1-12H,13H2,(H,22,23,24). The largest absolute Gasteiger partial charge is 0.301 e. The molecule has 6 heteroatoms. The minimum absolute atomic E-state index is 0.0723. The van der Waals surface area contributed by atoms with Gasteiger partial charge in [0, 0.05) is 27.4 Å². The van der Waals surface area contributed by atoms with Crippen molar-refractivity contribution in [1.29, 1.82) is 0 Å². The number of rotatable bonds is 5. The van der Waals surface area contributed by atoms with E-state index in [1.807, 2.05) is 66.0 Å². The maximum atomic E-state index is 12.3. The third-order valence-corrected chi connectivity index (χ3v) is 5.58. The van der Waals surface area contributed by atoms with Gasteiger partial charge >= 0.3 is 0 Å². The van der Waals surface area contributed by atoms with Crippen LogP contribution in [-0.2, 0) is 4.79 Å². The van der Waals surface area contributed by atoms with Gasteiger partial charge in [0.15, 0.2) is 5.13 Å². The molecule has 0 radical (unpaired) electrons. The zero-order valence-corrected chi connectivity index (χ0v) is 15.4. The number of carbonyl (C=O) groups is 1. The Labute approximate surface area is 159 Å². The molecule has 0 atom stereocenters. The number of benzene rings is 2. The van der Waals surface area contributed by atoms with Crippen molar-refractivity contribution in [3.05, 3.63) is 72.2 Å². The lowest BCUT2D eigenvalue weighted by molar-refractivity contribution is -0.113. The second-order valence-corrected chi connectivity index (χ2v) is 7.45. The summed E-state index contributed by atoms with van der Waals surface area (Å²) >= 11 is 2.92. The summed E-state index contributed by atoms with van der Waals surface area (Å²) < 4.78 is 0. The first-order valence-corrected chi connectivity index (χ1v) is 9.93. The molecule has 0 saturated heterocycles. The molecule has 0 saturated carbocycles. The molecule has 26 heavy (non-hydrogen) atoms. The Kier molecular flexibility index (Phi) is 4.95. The number of thiazole rings is 1. The number of thioether (sulfide) groups is 1. The van der Waals surface area contributed by atoms with E-state index in [-0.39, 0.29) is 5.91 Å². The first kappa shape index (κ1) is 16.8. The maximum absolute atomic E-state index is 12.3. The molecule has 0 spiro atoms. The first-order valence-electron chi connectivity index (χ1n) is 8.07. The number of para-hydroxylation sites is 1. The Hall–Kier alpha value is -2.70. The number of pyridine rings is 1. The molecule has 2 heterocycles. The average molecular weight is 377 g/mol. The molecule has 128 valence electrons. The van der Waals surface area contributed by atoms with Crippen LogP contribution in [0.25, 0.3) is 22.2 Å². The van der Waals surface area contributed by atoms with Crippen LogP contribution in [0.15, 0.2) is 77.1 Å². The van der Waals surface area contributed by atoms with Crippen molar-refractivity contribution >= 4 is 45.0 Å². The predicted molar refractivity (Wildman–Crippen MR) is 109 cm³/mol. The number of hydrogen-bond donors (Lipinski definition) is 1. The quantitative estimate of drug-likeness (QED) is 0.492. The van der Waals surface area contributed by atoms with Crippen LogP contribution in [0.1, 0.15) is 0 Å². The minimum Gasteiger partial charge on any atom is -0.301 e. The topological polar surface area (TPSA) is 54.9 Å².